The molecule has 0 aliphatic rings. The molecule has 1 heterocycles. The first-order chi connectivity index (χ1) is 9.31. The van der Waals surface area contributed by atoms with E-state index in [-0.39, 0.29) is 6.54 Å². The summed E-state index contributed by atoms with van der Waals surface area (Å²) in [6.45, 7) is -0.0580. The molecule has 1 aromatic carbocycles. The lowest BCUT2D eigenvalue weighted by Crippen LogP contribution is -2.24. The van der Waals surface area contributed by atoms with Crippen molar-refractivity contribution >= 4 is 31.8 Å². The molecule has 0 saturated carbocycles. The van der Waals surface area contributed by atoms with Crippen molar-refractivity contribution in [3.63, 3.8) is 0 Å². The molecule has 2 aromatic rings. The number of benzene rings is 1. The van der Waals surface area contributed by atoms with E-state index in [1.165, 1.54) is 23.0 Å². The maximum atomic E-state index is 13.7. The van der Waals surface area contributed by atoms with Gasteiger partial charge in [0, 0.05) is 23.6 Å². The fourth-order valence-electron chi connectivity index (χ4n) is 1.57. The van der Waals surface area contributed by atoms with E-state index in [2.05, 4.69) is 25.8 Å². The van der Waals surface area contributed by atoms with E-state index in [1.54, 1.807) is 7.05 Å². The van der Waals surface area contributed by atoms with Gasteiger partial charge in [-0.15, -0.1) is 0 Å². The van der Waals surface area contributed by atoms with Gasteiger partial charge in [0.2, 0.25) is 10.0 Å². The van der Waals surface area contributed by atoms with Crippen LogP contribution in [0.5, 0.6) is 0 Å². The Morgan fingerprint density at radius 1 is 1.50 bits per heavy atom. The highest BCUT2D eigenvalue weighted by atomic mass is 79.9. The Morgan fingerprint density at radius 3 is 2.75 bits per heavy atom. The second kappa shape index (κ2) is 5.51. The molecule has 0 atom stereocenters. The quantitative estimate of drug-likeness (QED) is 0.859. The number of rotatable bonds is 4. The molecule has 6 nitrogen and oxygen atoms in total. The van der Waals surface area contributed by atoms with Gasteiger partial charge in [0.1, 0.15) is 16.5 Å². The van der Waals surface area contributed by atoms with Gasteiger partial charge in [-0.25, -0.2) is 17.5 Å². The van der Waals surface area contributed by atoms with Gasteiger partial charge in [-0.3, -0.25) is 4.68 Å². The minimum atomic E-state index is -3.95. The molecular weight excluding hydrogens is 351 g/mol. The maximum absolute atomic E-state index is 13.7. The van der Waals surface area contributed by atoms with Crippen LogP contribution in [0.15, 0.2) is 33.8 Å². The van der Waals surface area contributed by atoms with Gasteiger partial charge in [-0.05, 0) is 18.2 Å². The Balaban J connectivity index is 2.21. The van der Waals surface area contributed by atoms with E-state index in [4.69, 9.17) is 5.73 Å². The number of aryl methyl sites for hydroxylation is 1. The molecule has 108 valence electrons. The summed E-state index contributed by atoms with van der Waals surface area (Å²) in [5.41, 5.74) is 6.23. The summed E-state index contributed by atoms with van der Waals surface area (Å²) in [7, 11) is -2.31. The first kappa shape index (κ1) is 14.9. The summed E-state index contributed by atoms with van der Waals surface area (Å²) in [5.74, 6) is -0.477. The number of nitrogen functional groups attached to an aromatic ring is 1. The third-order valence-corrected chi connectivity index (χ3v) is 4.63. The summed E-state index contributed by atoms with van der Waals surface area (Å²) in [5, 5.41) is 3.90. The zero-order chi connectivity index (χ0) is 14.9. The maximum Gasteiger partial charge on any atom is 0.243 e. The van der Waals surface area contributed by atoms with Crippen LogP contribution < -0.4 is 10.5 Å². The molecule has 0 aliphatic heterocycles. The van der Waals surface area contributed by atoms with Gasteiger partial charge in [0.25, 0.3) is 0 Å². The fraction of sp³-hybridized carbons (Fsp3) is 0.182. The second-order valence-corrected chi connectivity index (χ2v) is 6.73. The molecule has 20 heavy (non-hydrogen) atoms. The number of nitrogens with two attached hydrogens (primary N) is 1. The average Bonchev–Trinajstić information content (AvgIpc) is 2.67. The molecule has 0 aliphatic carbocycles. The molecular formula is C11H12BrFN4O2S. The van der Waals surface area contributed by atoms with Crippen LogP contribution in [-0.4, -0.2) is 18.2 Å². The fourth-order valence-corrected chi connectivity index (χ4v) is 2.97. The third-order valence-electron chi connectivity index (χ3n) is 2.70. The van der Waals surface area contributed by atoms with Crippen molar-refractivity contribution in [2.45, 2.75) is 11.4 Å². The van der Waals surface area contributed by atoms with E-state index >= 15 is 0 Å². The topological polar surface area (TPSA) is 90.0 Å². The molecule has 0 radical (unpaired) electrons. The van der Waals surface area contributed by atoms with Crippen LogP contribution in [0, 0.1) is 5.82 Å². The van der Waals surface area contributed by atoms with Crippen molar-refractivity contribution < 1.29 is 12.8 Å². The number of aromatic nitrogens is 2. The van der Waals surface area contributed by atoms with Crippen molar-refractivity contribution in [2.24, 2.45) is 7.05 Å². The lowest BCUT2D eigenvalue weighted by Gasteiger charge is -2.07. The van der Waals surface area contributed by atoms with Crippen LogP contribution >= 0.6 is 15.9 Å². The van der Waals surface area contributed by atoms with Crippen LogP contribution in [0.2, 0.25) is 0 Å². The van der Waals surface area contributed by atoms with Crippen LogP contribution in [0.4, 0.5) is 10.2 Å². The predicted molar refractivity (Wildman–Crippen MR) is 75.7 cm³/mol. The zero-order valence-electron chi connectivity index (χ0n) is 10.5. The van der Waals surface area contributed by atoms with Gasteiger partial charge in [-0.1, -0.05) is 15.9 Å². The Kier molecular flexibility index (Phi) is 4.11. The first-order valence-electron chi connectivity index (χ1n) is 5.52. The lowest BCUT2D eigenvalue weighted by molar-refractivity contribution is 0.556. The zero-order valence-corrected chi connectivity index (χ0v) is 12.9. The van der Waals surface area contributed by atoms with Crippen molar-refractivity contribution in [3.05, 3.63) is 40.2 Å². The van der Waals surface area contributed by atoms with E-state index in [1.807, 2.05) is 0 Å². The highest BCUT2D eigenvalue weighted by Crippen LogP contribution is 2.20. The van der Waals surface area contributed by atoms with Crippen LogP contribution in [0.25, 0.3) is 0 Å². The predicted octanol–water partition coefficient (Wildman–Crippen LogP) is 1.38. The van der Waals surface area contributed by atoms with Gasteiger partial charge in [0.15, 0.2) is 0 Å². The largest absolute Gasteiger partial charge is 0.384 e. The number of hydrogen-bond donors (Lipinski definition) is 2. The molecule has 0 unspecified atom stereocenters. The minimum Gasteiger partial charge on any atom is -0.384 e. The SMILES string of the molecule is Cn1ncc(CNS(=O)(=O)c2ccc(Br)cc2F)c1N. The Bertz CT molecular complexity index is 745. The van der Waals surface area contributed by atoms with Crippen molar-refractivity contribution in [1.29, 1.82) is 0 Å². The highest BCUT2D eigenvalue weighted by molar-refractivity contribution is 9.10. The van der Waals surface area contributed by atoms with Gasteiger partial charge in [-0.2, -0.15) is 5.10 Å². The average molecular weight is 363 g/mol. The molecule has 9 heteroatoms. The minimum absolute atomic E-state index is 0.0580. The Labute approximate surface area is 124 Å². The van der Waals surface area contributed by atoms with E-state index in [0.717, 1.165) is 6.07 Å². The molecule has 0 saturated heterocycles. The van der Waals surface area contributed by atoms with Crippen molar-refractivity contribution in [3.8, 4) is 0 Å². The number of halogens is 2. The lowest BCUT2D eigenvalue weighted by atomic mass is 10.3. The van der Waals surface area contributed by atoms with Gasteiger partial charge >= 0.3 is 0 Å². The summed E-state index contributed by atoms with van der Waals surface area (Å²) >= 11 is 3.07. The second-order valence-electron chi connectivity index (χ2n) is 4.08. The Morgan fingerprint density at radius 2 is 2.20 bits per heavy atom. The van der Waals surface area contributed by atoms with Crippen molar-refractivity contribution in [1.82, 2.24) is 14.5 Å². The number of nitrogens with zero attached hydrogens (tertiary/aromatic N) is 2. The monoisotopic (exact) mass is 362 g/mol. The van der Waals surface area contributed by atoms with E-state index < -0.39 is 20.7 Å². The number of nitrogens with one attached hydrogen (secondary N) is 1. The number of hydrogen-bond acceptors (Lipinski definition) is 4. The normalized spacial score (nSPS) is 11.8. The van der Waals surface area contributed by atoms with E-state index in [9.17, 15) is 12.8 Å². The standard InChI is InChI=1S/C11H12BrFN4O2S/c1-17-11(14)7(5-15-17)6-16-20(18,19)10-3-2-8(12)4-9(10)13/h2-5,16H,6,14H2,1H3. The molecule has 0 bridgehead atoms. The molecule has 1 aromatic heterocycles. The number of sulfonamides is 1. The smallest absolute Gasteiger partial charge is 0.243 e. The van der Waals surface area contributed by atoms with Crippen LogP contribution in [0.3, 0.4) is 0 Å². The third kappa shape index (κ3) is 3.00. The summed E-state index contributed by atoms with van der Waals surface area (Å²) < 4.78 is 41.9. The highest BCUT2D eigenvalue weighted by Gasteiger charge is 2.19. The summed E-state index contributed by atoms with van der Waals surface area (Å²) in [4.78, 5) is -0.414. The molecule has 3 N–H and O–H groups in total. The summed E-state index contributed by atoms with van der Waals surface area (Å²) in [6, 6.07) is 3.73. The molecule has 0 spiro atoms. The number of anilines is 1. The molecule has 2 rings (SSSR count). The Hall–Kier alpha value is -1.45. The van der Waals surface area contributed by atoms with Gasteiger partial charge < -0.3 is 5.73 Å². The van der Waals surface area contributed by atoms with Crippen LogP contribution in [-0.2, 0) is 23.6 Å². The van der Waals surface area contributed by atoms with Crippen molar-refractivity contribution in [2.75, 3.05) is 5.73 Å². The molecule has 0 fully saturated rings. The van der Waals surface area contributed by atoms with Crippen LogP contribution in [0.1, 0.15) is 5.56 Å². The molecule has 0 amide bonds. The summed E-state index contributed by atoms with van der Waals surface area (Å²) in [6.07, 6.45) is 1.45. The van der Waals surface area contributed by atoms with E-state index in [0.29, 0.717) is 15.9 Å². The van der Waals surface area contributed by atoms with Gasteiger partial charge in [0.05, 0.1) is 6.20 Å². The first-order valence-corrected chi connectivity index (χ1v) is 7.80.